The van der Waals surface area contributed by atoms with E-state index in [0.717, 1.165) is 22.3 Å². The lowest BCUT2D eigenvalue weighted by molar-refractivity contribution is -0.115. The molecule has 1 aliphatic heterocycles. The van der Waals surface area contributed by atoms with Crippen molar-refractivity contribution in [2.45, 2.75) is 48.4 Å². The molecule has 4 nitrogen and oxygen atoms in total. The molecule has 1 aromatic heterocycles. The van der Waals surface area contributed by atoms with E-state index in [1.165, 1.54) is 17.3 Å². The van der Waals surface area contributed by atoms with Gasteiger partial charge < -0.3 is 5.73 Å². The molecule has 0 spiro atoms. The fourth-order valence-electron chi connectivity index (χ4n) is 2.22. The number of rotatable bonds is 4. The van der Waals surface area contributed by atoms with Gasteiger partial charge in [0.25, 0.3) is 0 Å². The van der Waals surface area contributed by atoms with E-state index >= 15 is 0 Å². The number of thioether (sulfide) groups is 2. The van der Waals surface area contributed by atoms with Gasteiger partial charge in [-0.25, -0.2) is 9.97 Å². The molecule has 1 aliphatic rings. The van der Waals surface area contributed by atoms with Gasteiger partial charge in [0.1, 0.15) is 15.9 Å². The third-order valence-electron chi connectivity index (χ3n) is 3.01. The summed E-state index contributed by atoms with van der Waals surface area (Å²) in [6.45, 7) is 6.29. The summed E-state index contributed by atoms with van der Waals surface area (Å²) < 4.78 is 0. The smallest absolute Gasteiger partial charge is 0.227 e. The molecule has 2 atom stereocenters. The van der Waals surface area contributed by atoms with Gasteiger partial charge in [0.2, 0.25) is 5.91 Å². The molecule has 98 valence electrons. The summed E-state index contributed by atoms with van der Waals surface area (Å²) in [7, 11) is 0. The lowest BCUT2D eigenvalue weighted by Gasteiger charge is -2.14. The van der Waals surface area contributed by atoms with Gasteiger partial charge in [-0.15, -0.1) is 11.8 Å². The van der Waals surface area contributed by atoms with Crippen molar-refractivity contribution in [3.05, 3.63) is 11.4 Å². The van der Waals surface area contributed by atoms with E-state index in [1.54, 1.807) is 11.8 Å². The first-order valence-corrected chi connectivity index (χ1v) is 7.85. The number of amides is 1. The van der Waals surface area contributed by atoms with Crippen LogP contribution in [0.4, 0.5) is 0 Å². The number of fused-ring (bicyclic) bond motifs is 1. The second-order valence-electron chi connectivity index (χ2n) is 4.39. The normalized spacial score (nSPS) is 21.9. The van der Waals surface area contributed by atoms with Crippen LogP contribution in [0.5, 0.6) is 0 Å². The Kier molecular flexibility index (Phi) is 4.17. The Morgan fingerprint density at radius 1 is 1.50 bits per heavy atom. The number of primary amides is 1. The Bertz CT molecular complexity index is 479. The van der Waals surface area contributed by atoms with Crippen molar-refractivity contribution >= 4 is 29.4 Å². The van der Waals surface area contributed by atoms with E-state index in [2.05, 4.69) is 23.8 Å². The SMILES string of the molecule is CC[C@H]1c2c(SCC(N)=O)nc(C)nc2S[C@@H]1C. The third kappa shape index (κ3) is 2.64. The van der Waals surface area contributed by atoms with Gasteiger partial charge in [-0.1, -0.05) is 25.6 Å². The first-order chi connectivity index (χ1) is 8.52. The van der Waals surface area contributed by atoms with E-state index < -0.39 is 0 Å². The van der Waals surface area contributed by atoms with Crippen LogP contribution in [0.1, 0.15) is 37.6 Å². The molecule has 0 saturated carbocycles. The number of nitrogens with two attached hydrogens (primary N) is 1. The quantitative estimate of drug-likeness (QED) is 0.678. The summed E-state index contributed by atoms with van der Waals surface area (Å²) in [4.78, 5) is 19.9. The Morgan fingerprint density at radius 2 is 2.22 bits per heavy atom. The van der Waals surface area contributed by atoms with Gasteiger partial charge in [0.05, 0.1) is 5.75 Å². The molecule has 0 aliphatic carbocycles. The maximum atomic E-state index is 10.9. The van der Waals surface area contributed by atoms with Crippen molar-refractivity contribution in [3.8, 4) is 0 Å². The van der Waals surface area contributed by atoms with Crippen LogP contribution >= 0.6 is 23.5 Å². The van der Waals surface area contributed by atoms with Crippen molar-refractivity contribution in [2.24, 2.45) is 5.73 Å². The van der Waals surface area contributed by atoms with Crippen LogP contribution in [0, 0.1) is 6.92 Å². The lowest BCUT2D eigenvalue weighted by Crippen LogP contribution is -2.14. The largest absolute Gasteiger partial charge is 0.369 e. The van der Waals surface area contributed by atoms with Crippen LogP contribution in [-0.4, -0.2) is 26.9 Å². The second kappa shape index (κ2) is 5.48. The van der Waals surface area contributed by atoms with Crippen LogP contribution in [0.25, 0.3) is 0 Å². The average Bonchev–Trinajstić information content (AvgIpc) is 2.60. The summed E-state index contributed by atoms with van der Waals surface area (Å²) in [6, 6.07) is 0. The average molecular weight is 283 g/mol. The molecular formula is C12H17N3OS2. The van der Waals surface area contributed by atoms with E-state index in [1.807, 2.05) is 6.92 Å². The fourth-order valence-corrected chi connectivity index (χ4v) is 4.56. The number of hydrogen-bond donors (Lipinski definition) is 1. The summed E-state index contributed by atoms with van der Waals surface area (Å²) in [5, 5.41) is 2.53. The highest BCUT2D eigenvalue weighted by molar-refractivity contribution is 8.01. The Balaban J connectivity index is 2.38. The van der Waals surface area contributed by atoms with Gasteiger partial charge in [-0.2, -0.15) is 0 Å². The summed E-state index contributed by atoms with van der Waals surface area (Å²) in [5.74, 6) is 1.20. The zero-order valence-electron chi connectivity index (χ0n) is 10.8. The molecule has 0 unspecified atom stereocenters. The molecular weight excluding hydrogens is 266 g/mol. The summed E-state index contributed by atoms with van der Waals surface area (Å²) in [6.07, 6.45) is 1.07. The van der Waals surface area contributed by atoms with Crippen molar-refractivity contribution in [1.29, 1.82) is 0 Å². The maximum absolute atomic E-state index is 10.9. The predicted molar refractivity (Wildman–Crippen MR) is 75.0 cm³/mol. The highest BCUT2D eigenvalue weighted by Gasteiger charge is 2.33. The van der Waals surface area contributed by atoms with E-state index in [9.17, 15) is 4.79 Å². The zero-order valence-corrected chi connectivity index (χ0v) is 12.4. The van der Waals surface area contributed by atoms with Crippen LogP contribution < -0.4 is 5.73 Å². The van der Waals surface area contributed by atoms with Gasteiger partial charge in [-0.05, 0) is 13.3 Å². The van der Waals surface area contributed by atoms with Crippen LogP contribution in [0.2, 0.25) is 0 Å². The van der Waals surface area contributed by atoms with Crippen molar-refractivity contribution < 1.29 is 4.79 Å². The summed E-state index contributed by atoms with van der Waals surface area (Å²) in [5.41, 5.74) is 6.42. The van der Waals surface area contributed by atoms with Crippen molar-refractivity contribution in [2.75, 3.05) is 5.75 Å². The molecule has 0 aromatic carbocycles. The van der Waals surface area contributed by atoms with Crippen molar-refractivity contribution in [1.82, 2.24) is 9.97 Å². The molecule has 0 fully saturated rings. The molecule has 2 N–H and O–H groups in total. The molecule has 0 saturated heterocycles. The van der Waals surface area contributed by atoms with Gasteiger partial charge in [-0.3, -0.25) is 4.79 Å². The minimum atomic E-state index is -0.309. The molecule has 18 heavy (non-hydrogen) atoms. The van der Waals surface area contributed by atoms with E-state index in [4.69, 9.17) is 5.73 Å². The molecule has 1 amide bonds. The first kappa shape index (κ1) is 13.7. The highest BCUT2D eigenvalue weighted by atomic mass is 32.2. The first-order valence-electron chi connectivity index (χ1n) is 5.99. The Hall–Kier alpha value is -0.750. The maximum Gasteiger partial charge on any atom is 0.227 e. The molecule has 0 bridgehead atoms. The van der Waals surface area contributed by atoms with Crippen molar-refractivity contribution in [3.63, 3.8) is 0 Å². The molecule has 6 heteroatoms. The van der Waals surface area contributed by atoms with Crippen LogP contribution in [-0.2, 0) is 4.79 Å². The van der Waals surface area contributed by atoms with E-state index in [-0.39, 0.29) is 11.7 Å². The standard InChI is InChI=1S/C12H17N3OS2/c1-4-8-6(2)18-12-10(8)11(14-7(3)15-12)17-5-9(13)16/h6,8H,4-5H2,1-3H3,(H2,13,16)/t6-,8-/m1/s1. The number of hydrogen-bond acceptors (Lipinski definition) is 5. The lowest BCUT2D eigenvalue weighted by atomic mass is 9.96. The van der Waals surface area contributed by atoms with Crippen LogP contribution in [0.15, 0.2) is 10.1 Å². The number of nitrogens with zero attached hydrogens (tertiary/aromatic N) is 2. The predicted octanol–water partition coefficient (Wildman–Crippen LogP) is 2.35. The third-order valence-corrected chi connectivity index (χ3v) is 5.26. The van der Waals surface area contributed by atoms with Gasteiger partial charge in [0, 0.05) is 16.7 Å². The monoisotopic (exact) mass is 283 g/mol. The second-order valence-corrected chi connectivity index (χ2v) is 6.72. The van der Waals surface area contributed by atoms with Gasteiger partial charge >= 0.3 is 0 Å². The highest BCUT2D eigenvalue weighted by Crippen LogP contribution is 2.48. The minimum Gasteiger partial charge on any atom is -0.369 e. The minimum absolute atomic E-state index is 0.276. The topological polar surface area (TPSA) is 68.9 Å². The van der Waals surface area contributed by atoms with Gasteiger partial charge in [0.15, 0.2) is 0 Å². The Labute approximate surface area is 116 Å². The number of carbonyl (C=O) groups excluding carboxylic acids is 1. The zero-order chi connectivity index (χ0) is 13.3. The fraction of sp³-hybridized carbons (Fsp3) is 0.583. The molecule has 0 radical (unpaired) electrons. The molecule has 1 aromatic rings. The number of carbonyl (C=O) groups is 1. The molecule has 2 rings (SSSR count). The number of aryl methyl sites for hydroxylation is 1. The molecule has 2 heterocycles. The summed E-state index contributed by atoms with van der Waals surface area (Å²) >= 11 is 3.24. The number of aromatic nitrogens is 2. The Morgan fingerprint density at radius 3 is 2.83 bits per heavy atom. The van der Waals surface area contributed by atoms with Crippen LogP contribution in [0.3, 0.4) is 0 Å². The van der Waals surface area contributed by atoms with E-state index in [0.29, 0.717) is 11.2 Å².